The molecule has 4 aromatic carbocycles. The highest BCUT2D eigenvalue weighted by atomic mass is 31.1. The number of benzene rings is 4. The Morgan fingerprint density at radius 2 is 0.919 bits per heavy atom. The lowest BCUT2D eigenvalue weighted by molar-refractivity contribution is 0.252. The molecule has 2 atom stereocenters. The minimum Gasteiger partial charge on any atom is -0.493 e. The highest BCUT2D eigenvalue weighted by Crippen LogP contribution is 2.40. The van der Waals surface area contributed by atoms with Crippen molar-refractivity contribution in [3.8, 4) is 22.6 Å². The number of hydrogen-bond donors (Lipinski definition) is 0. The van der Waals surface area contributed by atoms with E-state index in [2.05, 4.69) is 102 Å². The second-order valence-electron chi connectivity index (χ2n) is 10.1. The van der Waals surface area contributed by atoms with Crippen LogP contribution in [0.1, 0.15) is 39.8 Å². The van der Waals surface area contributed by atoms with E-state index >= 15 is 0 Å². The summed E-state index contributed by atoms with van der Waals surface area (Å²) < 4.78 is 12.8. The first-order valence-electron chi connectivity index (χ1n) is 13.0. The summed E-state index contributed by atoms with van der Waals surface area (Å²) in [6.45, 7) is 14.6. The first-order chi connectivity index (χ1) is 17.8. The van der Waals surface area contributed by atoms with Crippen LogP contribution in [0.15, 0.2) is 60.7 Å². The molecule has 4 aromatic rings. The summed E-state index contributed by atoms with van der Waals surface area (Å²) in [6.07, 6.45) is 0.866. The van der Waals surface area contributed by atoms with Crippen LogP contribution in [0.5, 0.6) is 11.5 Å². The minimum absolute atomic E-state index is 0.535. The smallest absolute Gasteiger partial charge is 0.127 e. The van der Waals surface area contributed by atoms with Crippen molar-refractivity contribution in [1.29, 1.82) is 0 Å². The maximum absolute atomic E-state index is 6.40. The van der Waals surface area contributed by atoms with Crippen molar-refractivity contribution >= 4 is 38.4 Å². The summed E-state index contributed by atoms with van der Waals surface area (Å²) in [5, 5.41) is 5.34. The maximum atomic E-state index is 6.40. The Morgan fingerprint density at radius 3 is 1.30 bits per heavy atom. The van der Waals surface area contributed by atoms with Crippen LogP contribution in [0.25, 0.3) is 11.1 Å². The van der Waals surface area contributed by atoms with E-state index in [-0.39, 0.29) is 0 Å². The van der Waals surface area contributed by atoms with Crippen LogP contribution in [0.4, 0.5) is 0 Å². The zero-order valence-electron chi connectivity index (χ0n) is 22.7. The van der Waals surface area contributed by atoms with Gasteiger partial charge in [0.05, 0.1) is 13.2 Å². The van der Waals surface area contributed by atoms with Crippen LogP contribution in [0.3, 0.4) is 0 Å². The first-order valence-corrected chi connectivity index (χ1v) is 15.0. The molecule has 37 heavy (non-hydrogen) atoms. The van der Waals surface area contributed by atoms with Gasteiger partial charge in [-0.05, 0) is 108 Å². The number of fused-ring (bicyclic) bond motifs is 3. The third-order valence-electron chi connectivity index (χ3n) is 7.52. The fourth-order valence-electron chi connectivity index (χ4n) is 4.98. The van der Waals surface area contributed by atoms with E-state index in [1.807, 2.05) is 0 Å². The lowest BCUT2D eigenvalue weighted by Gasteiger charge is -2.21. The molecule has 0 aromatic heterocycles. The minimum atomic E-state index is 0.535. The van der Waals surface area contributed by atoms with Gasteiger partial charge in [-0.1, -0.05) is 65.7 Å². The monoisotopic (exact) mass is 526 g/mol. The third-order valence-corrected chi connectivity index (χ3v) is 10.0. The average molecular weight is 527 g/mol. The second-order valence-corrected chi connectivity index (χ2v) is 12.9. The Kier molecular flexibility index (Phi) is 7.71. The molecule has 2 unspecified atom stereocenters. The number of ether oxygens (including phenoxy) is 2. The van der Waals surface area contributed by atoms with Gasteiger partial charge in [-0.25, -0.2) is 0 Å². The predicted octanol–water partition coefficient (Wildman–Crippen LogP) is 6.62. The molecular weight excluding hydrogens is 490 g/mol. The van der Waals surface area contributed by atoms with Crippen LogP contribution in [0.2, 0.25) is 0 Å². The molecule has 1 heterocycles. The van der Waals surface area contributed by atoms with E-state index in [1.165, 1.54) is 65.7 Å². The summed E-state index contributed by atoms with van der Waals surface area (Å²) in [6, 6.07) is 22.5. The van der Waals surface area contributed by atoms with Gasteiger partial charge in [0.25, 0.3) is 0 Å². The van der Waals surface area contributed by atoms with Crippen molar-refractivity contribution in [3.63, 3.8) is 0 Å². The Balaban J connectivity index is 1.68. The molecule has 190 valence electrons. The van der Waals surface area contributed by atoms with E-state index in [9.17, 15) is 0 Å². The fourth-order valence-corrected chi connectivity index (χ4v) is 7.86. The van der Waals surface area contributed by atoms with Gasteiger partial charge in [-0.15, -0.1) is 0 Å². The molecule has 0 amide bonds. The van der Waals surface area contributed by atoms with E-state index < -0.39 is 0 Å². The van der Waals surface area contributed by atoms with E-state index in [4.69, 9.17) is 9.47 Å². The first kappa shape index (κ1) is 26.0. The number of aryl methyl sites for hydroxylation is 4. The maximum Gasteiger partial charge on any atom is 0.127 e. The molecule has 0 saturated heterocycles. The van der Waals surface area contributed by atoms with Crippen molar-refractivity contribution in [2.75, 3.05) is 13.2 Å². The molecule has 0 fully saturated rings. The van der Waals surface area contributed by atoms with Crippen molar-refractivity contribution in [1.82, 2.24) is 0 Å². The lowest BCUT2D eigenvalue weighted by Crippen LogP contribution is -2.15. The van der Waals surface area contributed by atoms with Gasteiger partial charge in [0.2, 0.25) is 0 Å². The quantitative estimate of drug-likeness (QED) is 0.278. The summed E-state index contributed by atoms with van der Waals surface area (Å²) in [5.41, 5.74) is 10.5. The van der Waals surface area contributed by atoms with Crippen molar-refractivity contribution in [2.45, 2.75) is 48.0 Å². The SMILES string of the molecule is Cc1cc(Pc2cccc3c2-c2c(cccc2Pc2cc(C)c(C)c(C)c2)OCCCO3)cc(C)c1C. The average Bonchev–Trinajstić information content (AvgIpc) is 2.95. The lowest BCUT2D eigenvalue weighted by atomic mass is 10.0. The summed E-state index contributed by atoms with van der Waals surface area (Å²) >= 11 is 0. The highest BCUT2D eigenvalue weighted by molar-refractivity contribution is 7.56. The molecular formula is C33H36O2P2. The Bertz CT molecular complexity index is 1310. The van der Waals surface area contributed by atoms with E-state index in [0.29, 0.717) is 30.4 Å². The normalized spacial score (nSPS) is 13.6. The van der Waals surface area contributed by atoms with Gasteiger partial charge in [0, 0.05) is 17.5 Å². The molecule has 1 aliphatic rings. The largest absolute Gasteiger partial charge is 0.493 e. The van der Waals surface area contributed by atoms with E-state index in [1.54, 1.807) is 0 Å². The van der Waals surface area contributed by atoms with Gasteiger partial charge in [-0.3, -0.25) is 0 Å². The predicted molar refractivity (Wildman–Crippen MR) is 164 cm³/mol. The van der Waals surface area contributed by atoms with Gasteiger partial charge in [0.1, 0.15) is 11.5 Å². The third kappa shape index (κ3) is 5.47. The van der Waals surface area contributed by atoms with Crippen LogP contribution < -0.4 is 30.7 Å². The highest BCUT2D eigenvalue weighted by Gasteiger charge is 2.22. The second kappa shape index (κ2) is 11.0. The molecule has 4 heteroatoms. The summed E-state index contributed by atoms with van der Waals surface area (Å²) in [7, 11) is 1.07. The summed E-state index contributed by atoms with van der Waals surface area (Å²) in [4.78, 5) is 0. The zero-order valence-corrected chi connectivity index (χ0v) is 24.7. The molecule has 1 aliphatic heterocycles. The van der Waals surface area contributed by atoms with Gasteiger partial charge < -0.3 is 9.47 Å². The molecule has 0 aliphatic carbocycles. The molecule has 2 nitrogen and oxygen atoms in total. The molecule has 0 spiro atoms. The Labute approximate surface area is 225 Å². The van der Waals surface area contributed by atoms with Gasteiger partial charge >= 0.3 is 0 Å². The molecule has 0 radical (unpaired) electrons. The topological polar surface area (TPSA) is 18.5 Å². The molecule has 0 bridgehead atoms. The van der Waals surface area contributed by atoms with Crippen molar-refractivity contribution < 1.29 is 9.47 Å². The molecule has 0 saturated carbocycles. The summed E-state index contributed by atoms with van der Waals surface area (Å²) in [5.74, 6) is 1.93. The van der Waals surface area contributed by atoms with Crippen LogP contribution >= 0.6 is 17.2 Å². The van der Waals surface area contributed by atoms with Gasteiger partial charge in [0.15, 0.2) is 0 Å². The molecule has 0 N–H and O–H groups in total. The van der Waals surface area contributed by atoms with Crippen LogP contribution in [0, 0.1) is 41.5 Å². The van der Waals surface area contributed by atoms with Crippen LogP contribution in [-0.4, -0.2) is 13.2 Å². The van der Waals surface area contributed by atoms with Crippen molar-refractivity contribution in [3.05, 3.63) is 94.0 Å². The Morgan fingerprint density at radius 1 is 0.541 bits per heavy atom. The number of hydrogen-bond acceptors (Lipinski definition) is 2. The standard InChI is InChI=1S/C33H36O2P2/c1-20-16-26(17-21(2)24(20)5)36-30-12-7-10-28-32(30)33-29(35-15-9-14-34-28)11-8-13-31(33)37-27-18-22(3)25(6)23(4)19-27/h7-8,10-13,16-19,36-37H,9,14-15H2,1-6H3. The zero-order chi connectivity index (χ0) is 26.1. The van der Waals surface area contributed by atoms with E-state index in [0.717, 1.165) is 17.9 Å². The number of rotatable bonds is 4. The Hall–Kier alpha value is -2.66. The fraction of sp³-hybridized carbons (Fsp3) is 0.273. The van der Waals surface area contributed by atoms with Crippen LogP contribution in [-0.2, 0) is 0 Å². The molecule has 5 rings (SSSR count). The van der Waals surface area contributed by atoms with Gasteiger partial charge in [-0.2, -0.15) is 0 Å². The van der Waals surface area contributed by atoms with Crippen molar-refractivity contribution in [2.24, 2.45) is 0 Å².